The molecule has 0 N–H and O–H groups in total. The lowest BCUT2D eigenvalue weighted by atomic mass is 9.86. The molecule has 1 aromatic rings. The van der Waals surface area contributed by atoms with Crippen molar-refractivity contribution in [3.8, 4) is 5.75 Å². The molecule has 0 spiro atoms. The van der Waals surface area contributed by atoms with E-state index in [2.05, 4.69) is 45.8 Å². The second-order valence-electron chi connectivity index (χ2n) is 7.89. The number of hydrogen-bond acceptors (Lipinski definition) is 2. The van der Waals surface area contributed by atoms with Gasteiger partial charge in [0.25, 0.3) is 0 Å². The van der Waals surface area contributed by atoms with Crippen molar-refractivity contribution in [1.82, 2.24) is 4.90 Å². The molecule has 3 heteroatoms. The van der Waals surface area contributed by atoms with Crippen LogP contribution in [0.25, 0.3) is 0 Å². The number of halogens is 1. The maximum Gasteiger partial charge on any atom is 0.123 e. The van der Waals surface area contributed by atoms with Crippen molar-refractivity contribution in [3.05, 3.63) is 53.2 Å². The van der Waals surface area contributed by atoms with Crippen molar-refractivity contribution < 1.29 is 4.74 Å². The van der Waals surface area contributed by atoms with Crippen molar-refractivity contribution in [3.63, 3.8) is 0 Å². The Balaban J connectivity index is 2.01. The van der Waals surface area contributed by atoms with Gasteiger partial charge < -0.3 is 9.64 Å². The predicted octanol–water partition coefficient (Wildman–Crippen LogP) is 5.96. The molecule has 1 heterocycles. The lowest BCUT2D eigenvalue weighted by Crippen LogP contribution is -2.25. The highest BCUT2D eigenvalue weighted by Crippen LogP contribution is 2.35. The standard InChI is InChI=1S/C21H30ClNO/c1-15(2)7-8-16(3)23-12-11-18(14-23)24-20-10-9-17(22)13-19(20)21(4,5)6/h9-10,13,18H,1,3,7-8,11-12,14H2,2,4-6H3. The second kappa shape index (κ2) is 7.65. The number of hydrogen-bond donors (Lipinski definition) is 0. The summed E-state index contributed by atoms with van der Waals surface area (Å²) in [5, 5.41) is 0.758. The van der Waals surface area contributed by atoms with Gasteiger partial charge in [0.2, 0.25) is 0 Å². The van der Waals surface area contributed by atoms with E-state index < -0.39 is 0 Å². The number of likely N-dealkylation sites (tertiary alicyclic amines) is 1. The molecular formula is C21H30ClNO. The Hall–Kier alpha value is -1.41. The first kappa shape index (κ1) is 18.9. The van der Waals surface area contributed by atoms with Gasteiger partial charge in [-0.3, -0.25) is 0 Å². The van der Waals surface area contributed by atoms with Crippen LogP contribution >= 0.6 is 11.6 Å². The molecule has 24 heavy (non-hydrogen) atoms. The van der Waals surface area contributed by atoms with Gasteiger partial charge in [-0.05, 0) is 43.4 Å². The van der Waals surface area contributed by atoms with Crippen LogP contribution in [0.2, 0.25) is 5.02 Å². The third kappa shape index (κ3) is 5.04. The minimum absolute atomic E-state index is 0.00358. The highest BCUT2D eigenvalue weighted by molar-refractivity contribution is 6.30. The normalized spacial score (nSPS) is 17.9. The van der Waals surface area contributed by atoms with E-state index in [1.807, 2.05) is 18.2 Å². The summed E-state index contributed by atoms with van der Waals surface area (Å²) < 4.78 is 6.33. The zero-order valence-corrected chi connectivity index (χ0v) is 16.2. The van der Waals surface area contributed by atoms with E-state index in [1.54, 1.807) is 0 Å². The molecule has 132 valence electrons. The summed E-state index contributed by atoms with van der Waals surface area (Å²) in [6, 6.07) is 5.93. The molecule has 1 aromatic carbocycles. The largest absolute Gasteiger partial charge is 0.488 e. The maximum absolute atomic E-state index is 6.33. The fourth-order valence-electron chi connectivity index (χ4n) is 3.00. The average Bonchev–Trinajstić information content (AvgIpc) is 2.94. The Labute approximate surface area is 152 Å². The molecule has 1 atom stereocenters. The van der Waals surface area contributed by atoms with Crippen LogP contribution in [0.4, 0.5) is 0 Å². The zero-order valence-electron chi connectivity index (χ0n) is 15.5. The predicted molar refractivity (Wildman–Crippen MR) is 104 cm³/mol. The van der Waals surface area contributed by atoms with E-state index in [1.165, 1.54) is 11.3 Å². The molecule has 2 rings (SSSR count). The molecule has 0 amide bonds. The van der Waals surface area contributed by atoms with Crippen molar-refractivity contribution >= 4 is 11.6 Å². The molecule has 1 fully saturated rings. The Bertz CT molecular complexity index is 615. The van der Waals surface area contributed by atoms with E-state index in [4.69, 9.17) is 16.3 Å². The van der Waals surface area contributed by atoms with Gasteiger partial charge in [0.05, 0.1) is 6.54 Å². The molecule has 1 aliphatic heterocycles. The fourth-order valence-corrected chi connectivity index (χ4v) is 3.17. The quantitative estimate of drug-likeness (QED) is 0.588. The average molecular weight is 348 g/mol. The summed E-state index contributed by atoms with van der Waals surface area (Å²) in [4.78, 5) is 2.35. The molecule has 0 bridgehead atoms. The smallest absolute Gasteiger partial charge is 0.123 e. The van der Waals surface area contributed by atoms with Crippen molar-refractivity contribution in [2.45, 2.75) is 58.5 Å². The number of ether oxygens (including phenoxy) is 1. The second-order valence-corrected chi connectivity index (χ2v) is 8.32. The summed E-state index contributed by atoms with van der Waals surface area (Å²) in [7, 11) is 0. The number of nitrogens with zero attached hydrogens (tertiary/aromatic N) is 1. The first-order chi connectivity index (χ1) is 11.2. The van der Waals surface area contributed by atoms with Gasteiger partial charge in [-0.15, -0.1) is 6.58 Å². The Morgan fingerprint density at radius 1 is 1.29 bits per heavy atom. The third-order valence-corrected chi connectivity index (χ3v) is 4.71. The molecule has 1 unspecified atom stereocenters. The van der Waals surface area contributed by atoms with Gasteiger partial charge in [-0.2, -0.15) is 0 Å². The molecule has 0 saturated carbocycles. The van der Waals surface area contributed by atoms with Crippen LogP contribution in [0.5, 0.6) is 5.75 Å². The first-order valence-electron chi connectivity index (χ1n) is 8.70. The van der Waals surface area contributed by atoms with Crippen LogP contribution in [0.15, 0.2) is 42.6 Å². The van der Waals surface area contributed by atoms with Crippen molar-refractivity contribution in [2.75, 3.05) is 13.1 Å². The van der Waals surface area contributed by atoms with E-state index >= 15 is 0 Å². The van der Waals surface area contributed by atoms with Gasteiger partial charge >= 0.3 is 0 Å². The fraction of sp³-hybridized carbons (Fsp3) is 0.524. The molecule has 1 saturated heterocycles. The van der Waals surface area contributed by atoms with Gasteiger partial charge in [-0.1, -0.05) is 44.5 Å². The number of benzene rings is 1. The number of rotatable bonds is 6. The minimum atomic E-state index is 0.00358. The Kier molecular flexibility index (Phi) is 6.03. The maximum atomic E-state index is 6.33. The molecule has 0 radical (unpaired) electrons. The van der Waals surface area contributed by atoms with Gasteiger partial charge in [0.1, 0.15) is 11.9 Å². The Morgan fingerprint density at radius 3 is 2.62 bits per heavy atom. The SMILES string of the molecule is C=C(C)CCC(=C)N1CCC(Oc2ccc(Cl)cc2C(C)(C)C)C1. The summed E-state index contributed by atoms with van der Waals surface area (Å²) in [5.74, 6) is 0.950. The molecule has 2 nitrogen and oxygen atoms in total. The highest BCUT2D eigenvalue weighted by Gasteiger charge is 2.27. The van der Waals surface area contributed by atoms with Crippen LogP contribution in [-0.2, 0) is 5.41 Å². The van der Waals surface area contributed by atoms with Gasteiger partial charge in [0.15, 0.2) is 0 Å². The third-order valence-electron chi connectivity index (χ3n) is 4.48. The monoisotopic (exact) mass is 347 g/mol. The lowest BCUT2D eigenvalue weighted by molar-refractivity contribution is 0.204. The summed E-state index contributed by atoms with van der Waals surface area (Å²) in [6.07, 6.45) is 3.22. The lowest BCUT2D eigenvalue weighted by Gasteiger charge is -2.26. The van der Waals surface area contributed by atoms with Gasteiger partial charge in [0, 0.05) is 29.2 Å². The summed E-state index contributed by atoms with van der Waals surface area (Å²) in [5.41, 5.74) is 3.56. The summed E-state index contributed by atoms with van der Waals surface area (Å²) in [6.45, 7) is 18.7. The van der Waals surface area contributed by atoms with Crippen LogP contribution in [0.1, 0.15) is 52.5 Å². The molecular weight excluding hydrogens is 318 g/mol. The highest BCUT2D eigenvalue weighted by atomic mass is 35.5. The van der Waals surface area contributed by atoms with Crippen LogP contribution in [-0.4, -0.2) is 24.1 Å². The molecule has 0 aromatic heterocycles. The van der Waals surface area contributed by atoms with E-state index in [9.17, 15) is 0 Å². The molecule has 0 aliphatic carbocycles. The van der Waals surface area contributed by atoms with Crippen LogP contribution < -0.4 is 4.74 Å². The van der Waals surface area contributed by atoms with Crippen molar-refractivity contribution in [2.24, 2.45) is 0 Å². The van der Waals surface area contributed by atoms with E-state index in [0.717, 1.165) is 48.7 Å². The topological polar surface area (TPSA) is 12.5 Å². The van der Waals surface area contributed by atoms with Crippen LogP contribution in [0, 0.1) is 0 Å². The first-order valence-corrected chi connectivity index (χ1v) is 9.08. The van der Waals surface area contributed by atoms with Crippen LogP contribution in [0.3, 0.4) is 0 Å². The van der Waals surface area contributed by atoms with E-state index in [0.29, 0.717) is 0 Å². The molecule has 1 aliphatic rings. The zero-order chi connectivity index (χ0) is 17.9. The number of allylic oxidation sites excluding steroid dienone is 2. The van der Waals surface area contributed by atoms with Crippen molar-refractivity contribution in [1.29, 1.82) is 0 Å². The summed E-state index contributed by atoms with van der Waals surface area (Å²) >= 11 is 6.18. The minimum Gasteiger partial charge on any atom is -0.488 e. The Morgan fingerprint density at radius 2 is 2.00 bits per heavy atom. The van der Waals surface area contributed by atoms with E-state index in [-0.39, 0.29) is 11.5 Å². The van der Waals surface area contributed by atoms with Gasteiger partial charge in [-0.25, -0.2) is 0 Å².